The third kappa shape index (κ3) is 3.42. The van der Waals surface area contributed by atoms with Gasteiger partial charge in [-0.05, 0) is 30.7 Å². The molecule has 2 rings (SSSR count). The van der Waals surface area contributed by atoms with Gasteiger partial charge in [0.15, 0.2) is 5.16 Å². The zero-order valence-corrected chi connectivity index (χ0v) is 12.8. The van der Waals surface area contributed by atoms with Crippen molar-refractivity contribution in [1.82, 2.24) is 14.8 Å². The number of thioether (sulfide) groups is 1. The van der Waals surface area contributed by atoms with E-state index in [0.717, 1.165) is 23.1 Å². The Bertz CT molecular complexity index is 571. The molecule has 1 heterocycles. The van der Waals surface area contributed by atoms with Crippen LogP contribution >= 0.6 is 35.0 Å². The molecular weight excluding hydrogens is 303 g/mol. The molecule has 1 aromatic heterocycles. The van der Waals surface area contributed by atoms with Crippen molar-refractivity contribution in [2.24, 2.45) is 5.73 Å². The van der Waals surface area contributed by atoms with Crippen molar-refractivity contribution in [3.8, 4) is 0 Å². The summed E-state index contributed by atoms with van der Waals surface area (Å²) in [6.07, 6.45) is 0. The van der Waals surface area contributed by atoms with E-state index in [1.807, 2.05) is 17.6 Å². The van der Waals surface area contributed by atoms with Crippen LogP contribution in [0.15, 0.2) is 23.4 Å². The van der Waals surface area contributed by atoms with Gasteiger partial charge < -0.3 is 10.3 Å². The number of benzene rings is 1. The molecule has 4 nitrogen and oxygen atoms in total. The average molecular weight is 317 g/mol. The second-order valence-corrected chi connectivity index (χ2v) is 5.66. The Morgan fingerprint density at radius 3 is 2.79 bits per heavy atom. The van der Waals surface area contributed by atoms with Crippen LogP contribution in [-0.4, -0.2) is 14.8 Å². The van der Waals surface area contributed by atoms with E-state index in [0.29, 0.717) is 22.3 Å². The highest BCUT2D eigenvalue weighted by Gasteiger charge is 2.11. The second-order valence-electron chi connectivity index (χ2n) is 3.87. The van der Waals surface area contributed by atoms with Crippen LogP contribution in [0.5, 0.6) is 0 Å². The molecule has 0 radical (unpaired) electrons. The SMILES string of the molecule is CCn1c(CN)nnc1SCc1cc(Cl)ccc1Cl. The van der Waals surface area contributed by atoms with E-state index in [9.17, 15) is 0 Å². The van der Waals surface area contributed by atoms with Crippen LogP contribution in [0.4, 0.5) is 0 Å². The van der Waals surface area contributed by atoms with Gasteiger partial charge in [-0.1, -0.05) is 35.0 Å². The van der Waals surface area contributed by atoms with Crippen molar-refractivity contribution in [3.63, 3.8) is 0 Å². The normalized spacial score (nSPS) is 10.9. The molecule has 0 atom stereocenters. The number of rotatable bonds is 5. The lowest BCUT2D eigenvalue weighted by molar-refractivity contribution is 0.643. The average Bonchev–Trinajstić information content (AvgIpc) is 2.81. The molecule has 0 saturated carbocycles. The molecule has 0 spiro atoms. The minimum absolute atomic E-state index is 0.388. The Labute approximate surface area is 126 Å². The Balaban J connectivity index is 2.14. The molecule has 0 saturated heterocycles. The van der Waals surface area contributed by atoms with Gasteiger partial charge in [0.2, 0.25) is 0 Å². The largest absolute Gasteiger partial charge is 0.324 e. The van der Waals surface area contributed by atoms with Gasteiger partial charge in [-0.15, -0.1) is 10.2 Å². The fourth-order valence-electron chi connectivity index (χ4n) is 1.69. The summed E-state index contributed by atoms with van der Waals surface area (Å²) in [7, 11) is 0. The second kappa shape index (κ2) is 6.61. The predicted molar refractivity (Wildman–Crippen MR) is 79.6 cm³/mol. The standard InChI is InChI=1S/C12H14Cl2N4S/c1-2-18-11(6-15)16-17-12(18)19-7-8-5-9(13)3-4-10(8)14/h3-5H,2,6-7,15H2,1H3. The van der Waals surface area contributed by atoms with Gasteiger partial charge in [-0.25, -0.2) is 0 Å². The molecule has 2 N–H and O–H groups in total. The lowest BCUT2D eigenvalue weighted by atomic mass is 10.2. The minimum Gasteiger partial charge on any atom is -0.324 e. The summed E-state index contributed by atoms with van der Waals surface area (Å²) in [4.78, 5) is 0. The summed E-state index contributed by atoms with van der Waals surface area (Å²) < 4.78 is 2.00. The summed E-state index contributed by atoms with van der Waals surface area (Å²) in [6, 6.07) is 5.45. The molecular formula is C12H14Cl2N4S. The Hall–Kier alpha value is -0.750. The first-order valence-corrected chi connectivity index (χ1v) is 7.58. The van der Waals surface area contributed by atoms with Crippen molar-refractivity contribution in [2.45, 2.75) is 30.9 Å². The van der Waals surface area contributed by atoms with Gasteiger partial charge >= 0.3 is 0 Å². The number of aromatic nitrogens is 3. The van der Waals surface area contributed by atoms with Gasteiger partial charge in [-0.3, -0.25) is 0 Å². The summed E-state index contributed by atoms with van der Waals surface area (Å²) in [6.45, 7) is 3.23. The number of nitrogens with two attached hydrogens (primary N) is 1. The Kier molecular flexibility index (Phi) is 5.10. The van der Waals surface area contributed by atoms with Crippen molar-refractivity contribution < 1.29 is 0 Å². The zero-order valence-electron chi connectivity index (χ0n) is 10.4. The van der Waals surface area contributed by atoms with E-state index >= 15 is 0 Å². The summed E-state index contributed by atoms with van der Waals surface area (Å²) in [5.74, 6) is 1.49. The number of hydrogen-bond acceptors (Lipinski definition) is 4. The molecule has 0 bridgehead atoms. The zero-order chi connectivity index (χ0) is 13.8. The topological polar surface area (TPSA) is 56.7 Å². The van der Waals surface area contributed by atoms with Crippen molar-refractivity contribution >= 4 is 35.0 Å². The number of halogens is 2. The summed E-state index contributed by atoms with van der Waals surface area (Å²) >= 11 is 13.7. The van der Waals surface area contributed by atoms with Crippen LogP contribution < -0.4 is 5.73 Å². The van der Waals surface area contributed by atoms with E-state index in [1.54, 1.807) is 23.9 Å². The maximum absolute atomic E-state index is 6.13. The summed E-state index contributed by atoms with van der Waals surface area (Å²) in [5, 5.41) is 10.4. The molecule has 2 aromatic rings. The van der Waals surface area contributed by atoms with E-state index in [-0.39, 0.29) is 0 Å². The Morgan fingerprint density at radius 2 is 2.11 bits per heavy atom. The lowest BCUT2D eigenvalue weighted by Crippen LogP contribution is -2.08. The highest BCUT2D eigenvalue weighted by Crippen LogP contribution is 2.28. The fourth-order valence-corrected chi connectivity index (χ4v) is 3.16. The van der Waals surface area contributed by atoms with Crippen LogP contribution in [-0.2, 0) is 18.8 Å². The van der Waals surface area contributed by atoms with Crippen LogP contribution in [0, 0.1) is 0 Å². The molecule has 19 heavy (non-hydrogen) atoms. The van der Waals surface area contributed by atoms with E-state index in [4.69, 9.17) is 28.9 Å². The molecule has 0 aliphatic heterocycles. The molecule has 102 valence electrons. The van der Waals surface area contributed by atoms with Gasteiger partial charge in [0, 0.05) is 22.3 Å². The van der Waals surface area contributed by atoms with Crippen molar-refractivity contribution in [3.05, 3.63) is 39.6 Å². The maximum Gasteiger partial charge on any atom is 0.191 e. The molecule has 0 fully saturated rings. The lowest BCUT2D eigenvalue weighted by Gasteiger charge is -2.07. The smallest absolute Gasteiger partial charge is 0.191 e. The third-order valence-electron chi connectivity index (χ3n) is 2.66. The quantitative estimate of drug-likeness (QED) is 0.859. The highest BCUT2D eigenvalue weighted by atomic mass is 35.5. The van der Waals surface area contributed by atoms with E-state index < -0.39 is 0 Å². The van der Waals surface area contributed by atoms with Crippen LogP contribution in [0.1, 0.15) is 18.3 Å². The third-order valence-corrected chi connectivity index (χ3v) is 4.28. The predicted octanol–water partition coefficient (Wildman–Crippen LogP) is 3.36. The maximum atomic E-state index is 6.13. The van der Waals surface area contributed by atoms with Crippen molar-refractivity contribution in [2.75, 3.05) is 0 Å². The molecule has 0 aliphatic carbocycles. The van der Waals surface area contributed by atoms with Gasteiger partial charge in [0.1, 0.15) is 5.82 Å². The number of nitrogens with zero attached hydrogens (tertiary/aromatic N) is 3. The first-order valence-electron chi connectivity index (χ1n) is 5.84. The van der Waals surface area contributed by atoms with Crippen LogP contribution in [0.3, 0.4) is 0 Å². The fraction of sp³-hybridized carbons (Fsp3) is 0.333. The summed E-state index contributed by atoms with van der Waals surface area (Å²) in [5.41, 5.74) is 6.60. The molecule has 7 heteroatoms. The minimum atomic E-state index is 0.388. The molecule has 1 aromatic carbocycles. The first kappa shape index (κ1) is 14.7. The molecule has 0 unspecified atom stereocenters. The van der Waals surface area contributed by atoms with E-state index in [2.05, 4.69) is 10.2 Å². The molecule has 0 amide bonds. The number of hydrogen-bond donors (Lipinski definition) is 1. The molecule has 0 aliphatic rings. The van der Waals surface area contributed by atoms with Crippen molar-refractivity contribution in [1.29, 1.82) is 0 Å². The first-order chi connectivity index (χ1) is 9.15. The van der Waals surface area contributed by atoms with E-state index in [1.165, 1.54) is 0 Å². The van der Waals surface area contributed by atoms with Crippen LogP contribution in [0.2, 0.25) is 10.0 Å². The Morgan fingerprint density at radius 1 is 1.32 bits per heavy atom. The monoisotopic (exact) mass is 316 g/mol. The highest BCUT2D eigenvalue weighted by molar-refractivity contribution is 7.98. The van der Waals surface area contributed by atoms with Gasteiger partial charge in [-0.2, -0.15) is 0 Å². The van der Waals surface area contributed by atoms with Crippen LogP contribution in [0.25, 0.3) is 0 Å². The van der Waals surface area contributed by atoms with Gasteiger partial charge in [0.25, 0.3) is 0 Å². The van der Waals surface area contributed by atoms with Gasteiger partial charge in [0.05, 0.1) is 6.54 Å².